The van der Waals surface area contributed by atoms with Gasteiger partial charge in [-0.3, -0.25) is 9.69 Å². The molecule has 3 nitrogen and oxygen atoms in total. The average molecular weight is 196 g/mol. The topological polar surface area (TPSA) is 32.3 Å². The normalized spacial score (nSPS) is 33.3. The Morgan fingerprint density at radius 3 is 2.23 bits per heavy atom. The van der Waals surface area contributed by atoms with Crippen molar-refractivity contribution in [3.05, 3.63) is 0 Å². The number of nitrogens with zero attached hydrogens (tertiary/aromatic N) is 1. The minimum Gasteiger partial charge on any atom is -0.356 e. The smallest absolute Gasteiger partial charge is 0.304 e. The van der Waals surface area contributed by atoms with Crippen molar-refractivity contribution in [2.24, 2.45) is 0 Å². The number of amides is 1. The van der Waals surface area contributed by atoms with E-state index in [1.165, 1.54) is 7.05 Å². The Balaban J connectivity index is 2.95. The molecule has 0 bridgehead atoms. The molecule has 1 aliphatic heterocycles. The largest absolute Gasteiger partial charge is 0.356 e. The number of likely N-dealkylation sites (tertiary alicyclic amines) is 1. The van der Waals surface area contributed by atoms with Crippen molar-refractivity contribution in [2.75, 3.05) is 27.2 Å². The zero-order valence-electron chi connectivity index (χ0n) is 7.40. The second-order valence-electron chi connectivity index (χ2n) is 3.26. The summed E-state index contributed by atoms with van der Waals surface area (Å²) in [5, 5.41) is 1.90. The molecule has 1 aliphatic rings. The third-order valence-electron chi connectivity index (χ3n) is 2.12. The third kappa shape index (κ3) is 1.39. The summed E-state index contributed by atoms with van der Waals surface area (Å²) in [4.78, 5) is 12.0. The van der Waals surface area contributed by atoms with Gasteiger partial charge in [-0.2, -0.15) is 0 Å². The number of alkyl halides is 3. The molecule has 1 fully saturated rings. The molecule has 6 heteroatoms. The van der Waals surface area contributed by atoms with Gasteiger partial charge in [0.1, 0.15) is 0 Å². The Morgan fingerprint density at radius 1 is 1.38 bits per heavy atom. The number of nitrogens with one attached hydrogen (secondary N) is 1. The Kier molecular flexibility index (Phi) is 2.27. The first-order valence-corrected chi connectivity index (χ1v) is 3.81. The summed E-state index contributed by atoms with van der Waals surface area (Å²) in [5.74, 6) is -4.87. The van der Waals surface area contributed by atoms with Crippen LogP contribution in [0.15, 0.2) is 0 Å². The zero-order valence-corrected chi connectivity index (χ0v) is 7.40. The summed E-state index contributed by atoms with van der Waals surface area (Å²) in [6.45, 7) is -1.30. The highest BCUT2D eigenvalue weighted by molar-refractivity contribution is 5.87. The Morgan fingerprint density at radius 2 is 1.92 bits per heavy atom. The first kappa shape index (κ1) is 10.3. The zero-order chi connectivity index (χ0) is 10.3. The highest BCUT2D eigenvalue weighted by atomic mass is 19.3. The van der Waals surface area contributed by atoms with Crippen molar-refractivity contribution < 1.29 is 18.0 Å². The van der Waals surface area contributed by atoms with Crippen LogP contribution in [0.3, 0.4) is 0 Å². The second-order valence-corrected chi connectivity index (χ2v) is 3.26. The number of carbonyl (C=O) groups is 1. The fourth-order valence-electron chi connectivity index (χ4n) is 1.44. The molecule has 13 heavy (non-hydrogen) atoms. The Bertz CT molecular complexity index is 234. The SMILES string of the molecule is CNC(=O)C1(F)CN(C)CC1(F)F. The highest BCUT2D eigenvalue weighted by Gasteiger charge is 2.65. The summed E-state index contributed by atoms with van der Waals surface area (Å²) >= 11 is 0. The van der Waals surface area contributed by atoms with Crippen LogP contribution in [0.5, 0.6) is 0 Å². The lowest BCUT2D eigenvalue weighted by molar-refractivity contribution is -0.154. The molecule has 1 N–H and O–H groups in total. The van der Waals surface area contributed by atoms with Gasteiger partial charge >= 0.3 is 5.92 Å². The van der Waals surface area contributed by atoms with Crippen molar-refractivity contribution in [1.82, 2.24) is 10.2 Å². The van der Waals surface area contributed by atoms with E-state index < -0.39 is 30.6 Å². The van der Waals surface area contributed by atoms with Gasteiger partial charge in [-0.25, -0.2) is 13.2 Å². The second kappa shape index (κ2) is 2.87. The molecule has 1 atom stereocenters. The number of halogens is 3. The van der Waals surface area contributed by atoms with Gasteiger partial charge in [-0.05, 0) is 7.05 Å². The van der Waals surface area contributed by atoms with E-state index in [0.717, 1.165) is 11.9 Å². The molecule has 0 spiro atoms. The van der Waals surface area contributed by atoms with E-state index in [-0.39, 0.29) is 0 Å². The summed E-state index contributed by atoms with van der Waals surface area (Å²) in [6.07, 6.45) is 0. The van der Waals surface area contributed by atoms with Gasteiger partial charge in [0, 0.05) is 13.6 Å². The molecule has 1 rings (SSSR count). The van der Waals surface area contributed by atoms with Gasteiger partial charge in [0.2, 0.25) is 0 Å². The van der Waals surface area contributed by atoms with Crippen molar-refractivity contribution in [2.45, 2.75) is 11.6 Å². The minimum atomic E-state index is -3.61. The molecule has 76 valence electrons. The van der Waals surface area contributed by atoms with Crippen molar-refractivity contribution >= 4 is 5.91 Å². The standard InChI is InChI=1S/C7H11F3N2O/c1-11-5(13)6(8)3-12(2)4-7(6,9)10/h3-4H2,1-2H3,(H,11,13). The van der Waals surface area contributed by atoms with E-state index in [4.69, 9.17) is 0 Å². The quantitative estimate of drug-likeness (QED) is 0.641. The van der Waals surface area contributed by atoms with Crippen LogP contribution in [0, 0.1) is 0 Å². The van der Waals surface area contributed by atoms with Crippen LogP contribution in [-0.2, 0) is 4.79 Å². The monoisotopic (exact) mass is 196 g/mol. The van der Waals surface area contributed by atoms with E-state index in [1.54, 1.807) is 0 Å². The maximum atomic E-state index is 13.5. The van der Waals surface area contributed by atoms with Crippen LogP contribution in [0.1, 0.15) is 0 Å². The molecule has 0 radical (unpaired) electrons. The molecule has 1 amide bonds. The predicted octanol–water partition coefficient (Wildman–Crippen LogP) is 0.0214. The lowest BCUT2D eigenvalue weighted by atomic mass is 10.0. The van der Waals surface area contributed by atoms with Crippen LogP contribution < -0.4 is 5.32 Å². The molecular weight excluding hydrogens is 185 g/mol. The van der Waals surface area contributed by atoms with Gasteiger partial charge in [0.25, 0.3) is 11.6 Å². The highest BCUT2D eigenvalue weighted by Crippen LogP contribution is 2.39. The summed E-state index contributed by atoms with van der Waals surface area (Å²) < 4.78 is 39.5. The van der Waals surface area contributed by atoms with Crippen molar-refractivity contribution in [1.29, 1.82) is 0 Å². The molecule has 1 unspecified atom stereocenters. The van der Waals surface area contributed by atoms with Crippen LogP contribution in [0.2, 0.25) is 0 Å². The number of rotatable bonds is 1. The lowest BCUT2D eigenvalue weighted by Crippen LogP contribution is -2.54. The number of hydrogen-bond acceptors (Lipinski definition) is 2. The van der Waals surface area contributed by atoms with Gasteiger partial charge in [0.15, 0.2) is 0 Å². The lowest BCUT2D eigenvalue weighted by Gasteiger charge is -2.23. The van der Waals surface area contributed by atoms with Crippen LogP contribution >= 0.6 is 0 Å². The molecule has 0 aromatic rings. The van der Waals surface area contributed by atoms with Crippen molar-refractivity contribution in [3.8, 4) is 0 Å². The van der Waals surface area contributed by atoms with Crippen LogP contribution in [0.4, 0.5) is 13.2 Å². The van der Waals surface area contributed by atoms with Gasteiger partial charge < -0.3 is 5.32 Å². The summed E-state index contributed by atoms with van der Waals surface area (Å²) in [5.41, 5.74) is -3.09. The fraction of sp³-hybridized carbons (Fsp3) is 0.857. The number of hydrogen-bond donors (Lipinski definition) is 1. The minimum absolute atomic E-state index is 0.570. The van der Waals surface area contributed by atoms with Crippen LogP contribution in [-0.4, -0.2) is 49.6 Å². The van der Waals surface area contributed by atoms with Gasteiger partial charge in [-0.15, -0.1) is 0 Å². The van der Waals surface area contributed by atoms with E-state index in [1.807, 2.05) is 5.32 Å². The molecular formula is C7H11F3N2O. The molecule has 0 aromatic heterocycles. The predicted molar refractivity (Wildman–Crippen MR) is 40.3 cm³/mol. The summed E-state index contributed by atoms with van der Waals surface area (Å²) in [7, 11) is 2.48. The van der Waals surface area contributed by atoms with Crippen LogP contribution in [0.25, 0.3) is 0 Å². The fourth-order valence-corrected chi connectivity index (χ4v) is 1.44. The maximum Gasteiger partial charge on any atom is 0.304 e. The average Bonchev–Trinajstić information content (AvgIpc) is 2.20. The van der Waals surface area contributed by atoms with Gasteiger partial charge in [0.05, 0.1) is 6.54 Å². The molecule has 0 saturated carbocycles. The van der Waals surface area contributed by atoms with Crippen molar-refractivity contribution in [3.63, 3.8) is 0 Å². The van der Waals surface area contributed by atoms with E-state index in [0.29, 0.717) is 0 Å². The molecule has 0 aliphatic carbocycles. The Labute approximate surface area is 73.9 Å². The van der Waals surface area contributed by atoms with E-state index in [2.05, 4.69) is 0 Å². The third-order valence-corrected chi connectivity index (χ3v) is 2.12. The van der Waals surface area contributed by atoms with Gasteiger partial charge in [-0.1, -0.05) is 0 Å². The van der Waals surface area contributed by atoms with E-state index in [9.17, 15) is 18.0 Å². The Hall–Kier alpha value is -0.780. The first-order valence-electron chi connectivity index (χ1n) is 3.81. The summed E-state index contributed by atoms with van der Waals surface area (Å²) in [6, 6.07) is 0. The molecule has 1 saturated heterocycles. The number of carbonyl (C=O) groups excluding carboxylic acids is 1. The molecule has 1 heterocycles. The first-order chi connectivity index (χ1) is 5.83. The maximum absolute atomic E-state index is 13.5. The molecule has 0 aromatic carbocycles. The van der Waals surface area contributed by atoms with E-state index >= 15 is 0 Å².